The van der Waals surface area contributed by atoms with Crippen molar-refractivity contribution in [2.24, 2.45) is 0 Å². The van der Waals surface area contributed by atoms with Crippen LogP contribution in [0, 0.1) is 0 Å². The first-order valence-corrected chi connectivity index (χ1v) is 2.19. The molecule has 0 N–H and O–H groups in total. The molecule has 8 heteroatoms. The monoisotopic (exact) mass is 198 g/mol. The van der Waals surface area contributed by atoms with E-state index in [1.165, 1.54) is 0 Å². The maximum atomic E-state index is 8.55. The van der Waals surface area contributed by atoms with Gasteiger partial charge in [0.15, 0.2) is 0 Å². The van der Waals surface area contributed by atoms with Crippen molar-refractivity contribution in [2.45, 2.75) is 0 Å². The summed E-state index contributed by atoms with van der Waals surface area (Å²) in [7, 11) is -5.39. The first-order chi connectivity index (χ1) is 2.00. The normalized spacial score (nSPS) is 7.38. The molecule has 0 atom stereocenters. The van der Waals surface area contributed by atoms with Crippen molar-refractivity contribution in [1.82, 2.24) is 0 Å². The number of hydrogen-bond acceptors (Lipinski definition) is 4. The Labute approximate surface area is 84.3 Å². The van der Waals surface area contributed by atoms with Crippen molar-refractivity contribution in [1.29, 1.82) is 0 Å². The Morgan fingerprint density at radius 1 is 1.12 bits per heavy atom. The Morgan fingerprint density at radius 2 is 1.12 bits per heavy atom. The minimum atomic E-state index is -5.39. The van der Waals surface area contributed by atoms with Crippen LogP contribution < -0.4 is 14.7 Å². The van der Waals surface area contributed by atoms with Crippen molar-refractivity contribution in [3.63, 3.8) is 0 Å². The van der Waals surface area contributed by atoms with Gasteiger partial charge in [-0.1, -0.05) is 0 Å². The van der Waals surface area contributed by atoms with E-state index in [-0.39, 0.29) is 57.8 Å². The third kappa shape index (κ3) is 102. The van der Waals surface area contributed by atoms with Crippen LogP contribution in [-0.2, 0) is 21.9 Å². The minimum absolute atomic E-state index is 0. The molecule has 0 heterocycles. The second kappa shape index (κ2) is 8.94. The van der Waals surface area contributed by atoms with Gasteiger partial charge in [0.05, 0.1) is 0 Å². The summed E-state index contributed by atoms with van der Waals surface area (Å²) in [5.41, 5.74) is 0. The summed E-state index contributed by atoms with van der Waals surface area (Å²) < 4.78 is 8.55. The van der Waals surface area contributed by atoms with E-state index in [2.05, 4.69) is 0 Å². The fraction of sp³-hybridized carbons (Fsp3) is 0. The van der Waals surface area contributed by atoms with Gasteiger partial charge in [-0.15, -0.1) is 0 Å². The zero-order valence-corrected chi connectivity index (χ0v) is 8.51. The van der Waals surface area contributed by atoms with Crippen LogP contribution in [0.25, 0.3) is 0 Å². The Balaban J connectivity index is -0.0000000267. The van der Waals surface area contributed by atoms with Crippen LogP contribution in [0.15, 0.2) is 0 Å². The first kappa shape index (κ1) is 22.5. The maximum Gasteiger partial charge on any atom is 3.00 e. The molecule has 0 rings (SSSR count). The van der Waals surface area contributed by atoms with E-state index >= 15 is 0 Å². The van der Waals surface area contributed by atoms with Gasteiger partial charge >= 0.3 is 57.8 Å². The quantitative estimate of drug-likeness (QED) is 0.297. The van der Waals surface area contributed by atoms with Gasteiger partial charge in [-0.25, -0.2) is 0 Å². The summed E-state index contributed by atoms with van der Waals surface area (Å²) in [5.74, 6) is 0. The molecule has 0 fully saturated rings. The average Bonchev–Trinajstić information content (AvgIpc) is 0.722. The summed E-state index contributed by atoms with van der Waals surface area (Å²) in [6.07, 6.45) is 0. The molecule has 0 aromatic carbocycles. The van der Waals surface area contributed by atoms with E-state index in [4.69, 9.17) is 19.2 Å². The minimum Gasteiger partial charge on any atom is -0.822 e. The average molecular weight is 198 g/mol. The van der Waals surface area contributed by atoms with Gasteiger partial charge in [0.25, 0.3) is 0 Å². The van der Waals surface area contributed by atoms with Crippen molar-refractivity contribution >= 4 is 48.2 Å². The molecule has 0 spiro atoms. The Morgan fingerprint density at radius 3 is 1.12 bits per heavy atom. The number of rotatable bonds is 0. The zero-order chi connectivity index (χ0) is 4.50. The predicted octanol–water partition coefficient (Wildman–Crippen LogP) is -3.59. The third-order valence-corrected chi connectivity index (χ3v) is 0. The van der Waals surface area contributed by atoms with Crippen LogP contribution in [-0.4, -0.2) is 40.4 Å². The van der Waals surface area contributed by atoms with Gasteiger partial charge in [0.1, 0.15) is 0 Å². The van der Waals surface area contributed by atoms with Crippen LogP contribution in [0.5, 0.6) is 0 Å². The second-order valence-corrected chi connectivity index (χ2v) is 1.34. The summed E-state index contributed by atoms with van der Waals surface area (Å²) in [5, 5.41) is 0. The maximum absolute atomic E-state index is 8.55. The van der Waals surface area contributed by atoms with Crippen molar-refractivity contribution < 1.29 is 36.6 Å². The topological polar surface area (TPSA) is 86.2 Å². The summed E-state index contributed by atoms with van der Waals surface area (Å²) >= 11 is 0. The van der Waals surface area contributed by atoms with Gasteiger partial charge < -0.3 is 19.2 Å². The Kier molecular flexibility index (Phi) is 25.2. The molecular formula is AlCrMgO4P+5. The molecule has 0 amide bonds. The summed E-state index contributed by atoms with van der Waals surface area (Å²) in [6, 6.07) is 0. The second-order valence-electron chi connectivity index (χ2n) is 0.447. The standard InChI is InChI=1S/Al.Cr.Mg.H3O4P/c;;;1-5(2,3)4/h;;;(H3,1,2,3,4)/q2*+3;+2;/p-3. The van der Waals surface area contributed by atoms with E-state index in [1.54, 1.807) is 0 Å². The molecule has 1 radical (unpaired) electrons. The molecule has 8 heavy (non-hydrogen) atoms. The fourth-order valence-corrected chi connectivity index (χ4v) is 0. The van der Waals surface area contributed by atoms with Crippen LogP contribution in [0.2, 0.25) is 0 Å². The van der Waals surface area contributed by atoms with E-state index < -0.39 is 7.82 Å². The molecule has 0 saturated heterocycles. The van der Waals surface area contributed by atoms with Crippen LogP contribution in [0.1, 0.15) is 0 Å². The molecular weight excluding hydrogens is 198 g/mol. The van der Waals surface area contributed by atoms with Gasteiger partial charge in [-0.2, -0.15) is 7.82 Å². The largest absolute Gasteiger partial charge is 3.00 e. The molecule has 0 aliphatic carbocycles. The Bertz CT molecular complexity index is 62.2. The number of hydrogen-bond donors (Lipinski definition) is 0. The van der Waals surface area contributed by atoms with Gasteiger partial charge in [-0.3, -0.25) is 0 Å². The summed E-state index contributed by atoms with van der Waals surface area (Å²) in [6.45, 7) is 0. The molecule has 0 aromatic rings. The third-order valence-electron chi connectivity index (χ3n) is 0. The van der Waals surface area contributed by atoms with Gasteiger partial charge in [0.2, 0.25) is 0 Å². The molecule has 35 valence electrons. The first-order valence-electron chi connectivity index (χ1n) is 0.730. The van der Waals surface area contributed by atoms with Crippen molar-refractivity contribution in [3.05, 3.63) is 0 Å². The molecule has 4 nitrogen and oxygen atoms in total. The molecule has 0 bridgehead atoms. The van der Waals surface area contributed by atoms with E-state index in [1.807, 2.05) is 0 Å². The van der Waals surface area contributed by atoms with Gasteiger partial charge in [0, 0.05) is 0 Å². The fourth-order valence-electron chi connectivity index (χ4n) is 0. The van der Waals surface area contributed by atoms with E-state index in [9.17, 15) is 0 Å². The van der Waals surface area contributed by atoms with Crippen molar-refractivity contribution in [3.8, 4) is 0 Å². The van der Waals surface area contributed by atoms with Crippen LogP contribution in [0.3, 0.4) is 0 Å². The summed E-state index contributed by atoms with van der Waals surface area (Å²) in [4.78, 5) is 25.6. The zero-order valence-electron chi connectivity index (χ0n) is 3.77. The van der Waals surface area contributed by atoms with Crippen molar-refractivity contribution in [2.75, 3.05) is 0 Å². The van der Waals surface area contributed by atoms with E-state index in [0.717, 1.165) is 0 Å². The molecule has 0 aliphatic rings. The Hall–Kier alpha value is 1.94. The SMILES string of the molecule is O=P([O-])([O-])[O-].[Al+3].[Cr+3].[Mg+2]. The molecule has 0 unspecified atom stereocenters. The smallest absolute Gasteiger partial charge is 0.822 e. The van der Waals surface area contributed by atoms with E-state index in [0.29, 0.717) is 0 Å². The predicted molar refractivity (Wildman–Crippen MR) is 19.1 cm³/mol. The molecule has 0 saturated carbocycles. The molecule has 0 aromatic heterocycles. The van der Waals surface area contributed by atoms with Crippen LogP contribution >= 0.6 is 7.82 Å². The van der Waals surface area contributed by atoms with Gasteiger partial charge in [-0.05, 0) is 0 Å². The molecule has 0 aliphatic heterocycles. The number of phosphoric acid groups is 1. The van der Waals surface area contributed by atoms with Crippen LogP contribution in [0.4, 0.5) is 0 Å².